The summed E-state index contributed by atoms with van der Waals surface area (Å²) < 4.78 is 0. The second kappa shape index (κ2) is 3.51. The summed E-state index contributed by atoms with van der Waals surface area (Å²) in [7, 11) is 0. The van der Waals surface area contributed by atoms with Gasteiger partial charge in [0.25, 0.3) is 0 Å². The van der Waals surface area contributed by atoms with E-state index in [1.807, 2.05) is 12.1 Å². The Morgan fingerprint density at radius 3 is 2.73 bits per heavy atom. The maximum atomic E-state index is 9.21. The van der Waals surface area contributed by atoms with Gasteiger partial charge >= 0.3 is 0 Å². The lowest BCUT2D eigenvalue weighted by Crippen LogP contribution is -3.14. The molecule has 1 aromatic rings. The number of hydrogen-bond donors (Lipinski definition) is 3. The van der Waals surface area contributed by atoms with E-state index in [0.29, 0.717) is 5.75 Å². The number of benzene rings is 1. The SMILES string of the molecule is Oc1ccc(C[NH+]2CC3CC2CN3)cc1. The molecule has 0 saturated carbocycles. The molecule has 0 amide bonds. The van der Waals surface area contributed by atoms with E-state index in [0.717, 1.165) is 18.6 Å². The van der Waals surface area contributed by atoms with Crippen molar-refractivity contribution in [2.75, 3.05) is 13.1 Å². The monoisotopic (exact) mass is 205 g/mol. The van der Waals surface area contributed by atoms with Gasteiger partial charge in [-0.3, -0.25) is 0 Å². The molecule has 2 aliphatic rings. The highest BCUT2D eigenvalue weighted by atomic mass is 16.3. The Morgan fingerprint density at radius 2 is 2.13 bits per heavy atom. The van der Waals surface area contributed by atoms with Crippen molar-refractivity contribution in [1.82, 2.24) is 5.32 Å². The highest BCUT2D eigenvalue weighted by Crippen LogP contribution is 2.12. The van der Waals surface area contributed by atoms with Crippen LogP contribution in [0.25, 0.3) is 0 Å². The predicted octanol–water partition coefficient (Wildman–Crippen LogP) is -0.479. The molecule has 3 N–H and O–H groups in total. The third-order valence-electron chi connectivity index (χ3n) is 3.68. The molecule has 0 radical (unpaired) electrons. The maximum Gasteiger partial charge on any atom is 0.115 e. The van der Waals surface area contributed by atoms with E-state index in [1.165, 1.54) is 25.1 Å². The first kappa shape index (κ1) is 9.19. The van der Waals surface area contributed by atoms with Crippen molar-refractivity contribution >= 4 is 0 Å². The summed E-state index contributed by atoms with van der Waals surface area (Å²) in [6.45, 7) is 3.53. The Morgan fingerprint density at radius 1 is 1.33 bits per heavy atom. The van der Waals surface area contributed by atoms with Gasteiger partial charge in [0.2, 0.25) is 0 Å². The van der Waals surface area contributed by atoms with E-state index in [-0.39, 0.29) is 0 Å². The van der Waals surface area contributed by atoms with Gasteiger partial charge < -0.3 is 15.3 Å². The van der Waals surface area contributed by atoms with Crippen molar-refractivity contribution in [3.63, 3.8) is 0 Å². The molecule has 2 heterocycles. The maximum absolute atomic E-state index is 9.21. The molecule has 2 aliphatic heterocycles. The number of hydrogen-bond acceptors (Lipinski definition) is 2. The lowest BCUT2D eigenvalue weighted by Gasteiger charge is -2.24. The van der Waals surface area contributed by atoms with Crippen LogP contribution in [-0.2, 0) is 6.54 Å². The van der Waals surface area contributed by atoms with Crippen LogP contribution in [-0.4, -0.2) is 30.3 Å². The summed E-state index contributed by atoms with van der Waals surface area (Å²) in [5.74, 6) is 0.360. The Kier molecular flexibility index (Phi) is 2.15. The van der Waals surface area contributed by atoms with Crippen LogP contribution >= 0.6 is 0 Å². The second-order valence-electron chi connectivity index (χ2n) is 4.74. The molecule has 15 heavy (non-hydrogen) atoms. The summed E-state index contributed by atoms with van der Waals surface area (Å²) in [6, 6.07) is 9.18. The number of phenolic OH excluding ortho intramolecular Hbond substituents is 1. The van der Waals surface area contributed by atoms with Gasteiger partial charge in [0.05, 0.1) is 12.6 Å². The molecule has 0 spiro atoms. The molecular formula is C12H17N2O+. The highest BCUT2D eigenvalue weighted by molar-refractivity contribution is 5.25. The standard InChI is InChI=1S/C12H16N2O/c15-12-3-1-9(2-4-12)7-14-8-10-5-11(14)6-13-10/h1-4,10-11,13,15H,5-8H2/p+1. The number of nitrogens with one attached hydrogen (secondary N) is 2. The Labute approximate surface area is 89.7 Å². The highest BCUT2D eigenvalue weighted by Gasteiger charge is 2.41. The van der Waals surface area contributed by atoms with Crippen molar-refractivity contribution in [2.24, 2.45) is 0 Å². The topological polar surface area (TPSA) is 36.7 Å². The summed E-state index contributed by atoms with van der Waals surface area (Å²) in [5, 5.41) is 12.7. The van der Waals surface area contributed by atoms with Gasteiger partial charge in [-0.2, -0.15) is 0 Å². The smallest absolute Gasteiger partial charge is 0.115 e. The molecular weight excluding hydrogens is 188 g/mol. The van der Waals surface area contributed by atoms with E-state index in [2.05, 4.69) is 5.32 Å². The number of aromatic hydroxyl groups is 1. The van der Waals surface area contributed by atoms with Crippen LogP contribution in [0.2, 0.25) is 0 Å². The van der Waals surface area contributed by atoms with Crippen LogP contribution in [0.3, 0.4) is 0 Å². The number of phenols is 1. The van der Waals surface area contributed by atoms with Crippen LogP contribution in [0, 0.1) is 0 Å². The van der Waals surface area contributed by atoms with Crippen molar-refractivity contribution in [3.8, 4) is 5.75 Å². The average Bonchev–Trinajstić information content (AvgIpc) is 2.83. The zero-order chi connectivity index (χ0) is 10.3. The second-order valence-corrected chi connectivity index (χ2v) is 4.74. The normalized spacial score (nSPS) is 33.5. The van der Waals surface area contributed by atoms with Crippen molar-refractivity contribution in [1.29, 1.82) is 0 Å². The quantitative estimate of drug-likeness (QED) is 0.610. The van der Waals surface area contributed by atoms with E-state index in [9.17, 15) is 5.11 Å². The van der Waals surface area contributed by atoms with E-state index < -0.39 is 0 Å². The molecule has 2 saturated heterocycles. The first-order valence-electron chi connectivity index (χ1n) is 5.67. The minimum absolute atomic E-state index is 0.360. The molecule has 3 heteroatoms. The fourth-order valence-electron chi connectivity index (χ4n) is 2.86. The molecule has 80 valence electrons. The third-order valence-corrected chi connectivity index (χ3v) is 3.68. The fraction of sp³-hybridized carbons (Fsp3) is 0.500. The number of piperazine rings is 1. The molecule has 3 atom stereocenters. The number of fused-ring (bicyclic) bond motifs is 2. The zero-order valence-electron chi connectivity index (χ0n) is 8.74. The van der Waals surface area contributed by atoms with Crippen LogP contribution < -0.4 is 10.2 Å². The Balaban J connectivity index is 1.68. The van der Waals surface area contributed by atoms with Crippen LogP contribution in [0.15, 0.2) is 24.3 Å². The van der Waals surface area contributed by atoms with Gasteiger partial charge in [0.1, 0.15) is 18.3 Å². The Hall–Kier alpha value is -1.06. The van der Waals surface area contributed by atoms with Gasteiger partial charge in [-0.05, 0) is 24.3 Å². The summed E-state index contributed by atoms with van der Waals surface area (Å²) >= 11 is 0. The van der Waals surface area contributed by atoms with Gasteiger partial charge in [0, 0.05) is 18.5 Å². The molecule has 3 rings (SSSR count). The summed E-state index contributed by atoms with van der Waals surface area (Å²) in [6.07, 6.45) is 1.34. The third kappa shape index (κ3) is 1.73. The zero-order valence-corrected chi connectivity index (χ0v) is 8.74. The summed E-state index contributed by atoms with van der Waals surface area (Å²) in [4.78, 5) is 1.70. The van der Waals surface area contributed by atoms with Crippen LogP contribution in [0.5, 0.6) is 5.75 Å². The van der Waals surface area contributed by atoms with Gasteiger partial charge in [-0.15, -0.1) is 0 Å². The number of quaternary nitrogens is 1. The molecule has 2 bridgehead atoms. The van der Waals surface area contributed by atoms with E-state index in [4.69, 9.17) is 0 Å². The van der Waals surface area contributed by atoms with E-state index >= 15 is 0 Å². The van der Waals surface area contributed by atoms with Gasteiger partial charge in [-0.1, -0.05) is 0 Å². The van der Waals surface area contributed by atoms with Crippen LogP contribution in [0.1, 0.15) is 12.0 Å². The molecule has 3 unspecified atom stereocenters. The van der Waals surface area contributed by atoms with E-state index in [1.54, 1.807) is 17.0 Å². The van der Waals surface area contributed by atoms with Gasteiger partial charge in [0.15, 0.2) is 0 Å². The Bertz CT molecular complexity index is 349. The fourth-order valence-corrected chi connectivity index (χ4v) is 2.86. The summed E-state index contributed by atoms with van der Waals surface area (Å²) in [5.41, 5.74) is 1.33. The predicted molar refractivity (Wildman–Crippen MR) is 57.8 cm³/mol. The number of rotatable bonds is 2. The van der Waals surface area contributed by atoms with Crippen molar-refractivity contribution in [3.05, 3.63) is 29.8 Å². The molecule has 2 fully saturated rings. The molecule has 3 nitrogen and oxygen atoms in total. The lowest BCUT2D eigenvalue weighted by atomic mass is 10.2. The number of likely N-dealkylation sites (tertiary alicyclic amines) is 1. The minimum atomic E-state index is 0.360. The first-order chi connectivity index (χ1) is 7.31. The largest absolute Gasteiger partial charge is 0.508 e. The van der Waals surface area contributed by atoms with Crippen molar-refractivity contribution in [2.45, 2.75) is 25.0 Å². The molecule has 0 aliphatic carbocycles. The first-order valence-corrected chi connectivity index (χ1v) is 5.67. The van der Waals surface area contributed by atoms with Crippen LogP contribution in [0.4, 0.5) is 0 Å². The average molecular weight is 205 g/mol. The van der Waals surface area contributed by atoms with Crippen molar-refractivity contribution < 1.29 is 10.0 Å². The lowest BCUT2D eigenvalue weighted by molar-refractivity contribution is -0.928. The molecule has 1 aromatic carbocycles. The molecule has 0 aromatic heterocycles. The minimum Gasteiger partial charge on any atom is -0.508 e. The van der Waals surface area contributed by atoms with Gasteiger partial charge in [-0.25, -0.2) is 0 Å².